The van der Waals surface area contributed by atoms with Gasteiger partial charge in [0.15, 0.2) is 6.10 Å². The lowest BCUT2D eigenvalue weighted by atomic mass is 10.2. The number of halogens is 1. The van der Waals surface area contributed by atoms with Crippen LogP contribution in [-0.2, 0) is 9.53 Å². The Bertz CT molecular complexity index is 700. The van der Waals surface area contributed by atoms with Crippen molar-refractivity contribution in [1.29, 1.82) is 0 Å². The third-order valence-electron chi connectivity index (χ3n) is 3.12. The highest BCUT2D eigenvalue weighted by Crippen LogP contribution is 2.14. The molecule has 0 radical (unpaired) electrons. The van der Waals surface area contributed by atoms with Crippen LogP contribution < -0.4 is 5.32 Å². The normalized spacial score (nSPS) is 11.6. The molecule has 2 rings (SSSR count). The molecule has 0 saturated carbocycles. The summed E-state index contributed by atoms with van der Waals surface area (Å²) >= 11 is 2.12. The molecule has 0 aromatic heterocycles. The van der Waals surface area contributed by atoms with Gasteiger partial charge in [0.05, 0.1) is 5.56 Å². The molecule has 114 valence electrons. The van der Waals surface area contributed by atoms with Gasteiger partial charge < -0.3 is 10.1 Å². The van der Waals surface area contributed by atoms with E-state index in [1.54, 1.807) is 31.2 Å². The number of hydrogen-bond donors (Lipinski definition) is 1. The Hall–Kier alpha value is -1.89. The Morgan fingerprint density at radius 3 is 2.55 bits per heavy atom. The van der Waals surface area contributed by atoms with Gasteiger partial charge in [-0.1, -0.05) is 24.3 Å². The Balaban J connectivity index is 1.99. The average molecular weight is 409 g/mol. The molecule has 1 amide bonds. The van der Waals surface area contributed by atoms with E-state index in [1.807, 2.05) is 31.2 Å². The molecule has 0 fully saturated rings. The molecular formula is C17H16INO3. The van der Waals surface area contributed by atoms with Crippen molar-refractivity contribution in [2.45, 2.75) is 20.0 Å². The van der Waals surface area contributed by atoms with E-state index in [0.717, 1.165) is 9.13 Å². The number of anilines is 1. The maximum Gasteiger partial charge on any atom is 0.338 e. The average Bonchev–Trinajstić information content (AvgIpc) is 2.49. The summed E-state index contributed by atoms with van der Waals surface area (Å²) in [5.74, 6) is -0.862. The van der Waals surface area contributed by atoms with Gasteiger partial charge in [-0.2, -0.15) is 0 Å². The van der Waals surface area contributed by atoms with Crippen LogP contribution in [0.2, 0.25) is 0 Å². The first-order valence-corrected chi connectivity index (χ1v) is 7.88. The number of aryl methyl sites for hydroxylation is 1. The highest BCUT2D eigenvalue weighted by molar-refractivity contribution is 14.1. The second-order valence-electron chi connectivity index (χ2n) is 4.86. The maximum atomic E-state index is 12.1. The molecule has 2 aromatic rings. The van der Waals surface area contributed by atoms with Crippen molar-refractivity contribution in [3.8, 4) is 0 Å². The van der Waals surface area contributed by atoms with Crippen molar-refractivity contribution in [1.82, 2.24) is 0 Å². The lowest BCUT2D eigenvalue weighted by Crippen LogP contribution is -2.30. The number of benzene rings is 2. The van der Waals surface area contributed by atoms with Crippen LogP contribution in [0.4, 0.5) is 5.69 Å². The zero-order valence-electron chi connectivity index (χ0n) is 12.3. The van der Waals surface area contributed by atoms with E-state index >= 15 is 0 Å². The van der Waals surface area contributed by atoms with E-state index in [2.05, 4.69) is 27.9 Å². The van der Waals surface area contributed by atoms with Crippen molar-refractivity contribution in [3.05, 3.63) is 63.2 Å². The highest BCUT2D eigenvalue weighted by Gasteiger charge is 2.19. The zero-order valence-corrected chi connectivity index (χ0v) is 14.5. The lowest BCUT2D eigenvalue weighted by Gasteiger charge is -2.14. The van der Waals surface area contributed by atoms with Crippen LogP contribution in [0.25, 0.3) is 0 Å². The van der Waals surface area contributed by atoms with Crippen molar-refractivity contribution in [2.24, 2.45) is 0 Å². The predicted molar refractivity (Wildman–Crippen MR) is 93.8 cm³/mol. The van der Waals surface area contributed by atoms with Crippen molar-refractivity contribution in [3.63, 3.8) is 0 Å². The fraction of sp³-hybridized carbons (Fsp3) is 0.176. The molecule has 1 unspecified atom stereocenters. The van der Waals surface area contributed by atoms with Crippen LogP contribution >= 0.6 is 22.6 Å². The van der Waals surface area contributed by atoms with Gasteiger partial charge in [0.1, 0.15) is 0 Å². The molecule has 4 nitrogen and oxygen atoms in total. The number of amides is 1. The first kappa shape index (κ1) is 16.5. The summed E-state index contributed by atoms with van der Waals surface area (Å²) in [6, 6.07) is 14.5. The van der Waals surface area contributed by atoms with Crippen molar-refractivity contribution >= 4 is 40.2 Å². The summed E-state index contributed by atoms with van der Waals surface area (Å²) in [7, 11) is 0. The van der Waals surface area contributed by atoms with E-state index in [-0.39, 0.29) is 5.91 Å². The van der Waals surface area contributed by atoms with Gasteiger partial charge >= 0.3 is 5.97 Å². The van der Waals surface area contributed by atoms with Gasteiger partial charge in [0, 0.05) is 9.26 Å². The molecule has 0 saturated heterocycles. The summed E-state index contributed by atoms with van der Waals surface area (Å²) in [6.07, 6.45) is -0.870. The van der Waals surface area contributed by atoms with Crippen molar-refractivity contribution < 1.29 is 14.3 Å². The zero-order chi connectivity index (χ0) is 16.1. The molecule has 0 spiro atoms. The van der Waals surface area contributed by atoms with E-state index < -0.39 is 12.1 Å². The summed E-state index contributed by atoms with van der Waals surface area (Å²) in [5.41, 5.74) is 2.10. The van der Waals surface area contributed by atoms with Crippen LogP contribution in [0.3, 0.4) is 0 Å². The molecule has 1 N–H and O–H groups in total. The van der Waals surface area contributed by atoms with Gasteiger partial charge in [-0.25, -0.2) is 4.79 Å². The minimum absolute atomic E-state index is 0.353. The quantitative estimate of drug-likeness (QED) is 0.618. The van der Waals surface area contributed by atoms with E-state index in [0.29, 0.717) is 11.3 Å². The number of carbonyl (C=O) groups is 2. The molecule has 1 atom stereocenters. The van der Waals surface area contributed by atoms with Gasteiger partial charge in [-0.3, -0.25) is 4.79 Å². The first-order valence-electron chi connectivity index (χ1n) is 6.80. The minimum Gasteiger partial charge on any atom is -0.449 e. The second-order valence-corrected chi connectivity index (χ2v) is 6.11. The first-order chi connectivity index (χ1) is 10.5. The molecule has 22 heavy (non-hydrogen) atoms. The fourth-order valence-corrected chi connectivity index (χ4v) is 2.39. The number of rotatable bonds is 4. The Labute approximate surface area is 143 Å². The molecule has 5 heteroatoms. The fourth-order valence-electron chi connectivity index (χ4n) is 1.85. The van der Waals surface area contributed by atoms with Crippen molar-refractivity contribution in [2.75, 3.05) is 5.32 Å². The van der Waals surface area contributed by atoms with E-state index in [9.17, 15) is 9.59 Å². The SMILES string of the molecule is Cc1ccccc1NC(=O)C(C)OC(=O)c1cccc(I)c1. The molecule has 0 aliphatic rings. The second kappa shape index (κ2) is 7.40. The number of nitrogens with one attached hydrogen (secondary N) is 1. The van der Waals surface area contributed by atoms with Gasteiger partial charge in [-0.05, 0) is 66.3 Å². The van der Waals surface area contributed by atoms with Crippen LogP contribution in [0.5, 0.6) is 0 Å². The molecule has 0 bridgehead atoms. The minimum atomic E-state index is -0.870. The predicted octanol–water partition coefficient (Wildman–Crippen LogP) is 3.78. The maximum absolute atomic E-state index is 12.1. The topological polar surface area (TPSA) is 55.4 Å². The summed E-state index contributed by atoms with van der Waals surface area (Å²) in [6.45, 7) is 3.46. The summed E-state index contributed by atoms with van der Waals surface area (Å²) in [5, 5.41) is 2.76. The molecule has 2 aromatic carbocycles. The molecule has 0 aliphatic heterocycles. The standard InChI is InChI=1S/C17H16INO3/c1-11-6-3-4-9-15(11)19-16(20)12(2)22-17(21)13-7-5-8-14(18)10-13/h3-10,12H,1-2H3,(H,19,20). The van der Waals surface area contributed by atoms with Gasteiger partial charge in [0.2, 0.25) is 0 Å². The summed E-state index contributed by atoms with van der Waals surface area (Å²) < 4.78 is 6.15. The molecule has 0 heterocycles. The Morgan fingerprint density at radius 2 is 1.86 bits per heavy atom. The lowest BCUT2D eigenvalue weighted by molar-refractivity contribution is -0.123. The van der Waals surface area contributed by atoms with Crippen LogP contribution in [-0.4, -0.2) is 18.0 Å². The van der Waals surface area contributed by atoms with Gasteiger partial charge in [0.25, 0.3) is 5.91 Å². The van der Waals surface area contributed by atoms with Gasteiger partial charge in [-0.15, -0.1) is 0 Å². The third-order valence-corrected chi connectivity index (χ3v) is 3.79. The molecule has 0 aliphatic carbocycles. The largest absolute Gasteiger partial charge is 0.449 e. The van der Waals surface area contributed by atoms with E-state index in [4.69, 9.17) is 4.74 Å². The number of hydrogen-bond acceptors (Lipinski definition) is 3. The Kier molecular flexibility index (Phi) is 5.54. The Morgan fingerprint density at radius 1 is 1.14 bits per heavy atom. The number of ether oxygens (including phenoxy) is 1. The number of para-hydroxylation sites is 1. The number of carbonyl (C=O) groups excluding carboxylic acids is 2. The smallest absolute Gasteiger partial charge is 0.338 e. The monoisotopic (exact) mass is 409 g/mol. The highest BCUT2D eigenvalue weighted by atomic mass is 127. The van der Waals surface area contributed by atoms with E-state index in [1.165, 1.54) is 0 Å². The number of esters is 1. The van der Waals surface area contributed by atoms with Crippen LogP contribution in [0.1, 0.15) is 22.8 Å². The van der Waals surface area contributed by atoms with Crippen LogP contribution in [0, 0.1) is 10.5 Å². The molecular weight excluding hydrogens is 393 g/mol. The third kappa shape index (κ3) is 4.30. The summed E-state index contributed by atoms with van der Waals surface area (Å²) in [4.78, 5) is 24.1. The van der Waals surface area contributed by atoms with Crippen LogP contribution in [0.15, 0.2) is 48.5 Å².